The van der Waals surface area contributed by atoms with E-state index in [1.54, 1.807) is 6.07 Å². The van der Waals surface area contributed by atoms with Gasteiger partial charge >= 0.3 is 5.97 Å². The van der Waals surface area contributed by atoms with Crippen molar-refractivity contribution in [2.24, 2.45) is 0 Å². The van der Waals surface area contributed by atoms with Gasteiger partial charge in [0.25, 0.3) is 5.91 Å². The van der Waals surface area contributed by atoms with Crippen LogP contribution in [0.5, 0.6) is 5.75 Å². The lowest BCUT2D eigenvalue weighted by Crippen LogP contribution is -2.34. The van der Waals surface area contributed by atoms with Crippen molar-refractivity contribution in [1.82, 2.24) is 5.32 Å². The monoisotopic (exact) mass is 271 g/mol. The molecule has 2 N–H and O–H groups in total. The third-order valence-electron chi connectivity index (χ3n) is 2.00. The highest BCUT2D eigenvalue weighted by atomic mass is 35.5. The molecule has 0 saturated carbocycles. The largest absolute Gasteiger partial charge is 0.483 e. The Bertz CT molecular complexity index is 459. The van der Waals surface area contributed by atoms with Gasteiger partial charge in [0.15, 0.2) is 6.61 Å². The Kier molecular flexibility index (Phi) is 4.97. The van der Waals surface area contributed by atoms with Gasteiger partial charge in [-0.05, 0) is 26.0 Å². The predicted molar refractivity (Wildman–Crippen MR) is 67.2 cm³/mol. The van der Waals surface area contributed by atoms with Crippen molar-refractivity contribution in [3.8, 4) is 5.75 Å². The first-order chi connectivity index (χ1) is 8.41. The summed E-state index contributed by atoms with van der Waals surface area (Å²) in [6, 6.07) is 4.47. The molecular formula is C12H14ClNO4. The van der Waals surface area contributed by atoms with E-state index >= 15 is 0 Å². The van der Waals surface area contributed by atoms with Crippen LogP contribution in [0.3, 0.4) is 0 Å². The molecular weight excluding hydrogens is 258 g/mol. The second kappa shape index (κ2) is 6.26. The molecule has 0 atom stereocenters. The van der Waals surface area contributed by atoms with Gasteiger partial charge in [-0.1, -0.05) is 17.7 Å². The van der Waals surface area contributed by atoms with E-state index in [-0.39, 0.29) is 34.9 Å². The number of hydrogen-bond donors (Lipinski definition) is 2. The molecule has 0 aliphatic heterocycles. The summed E-state index contributed by atoms with van der Waals surface area (Å²) in [7, 11) is 0. The van der Waals surface area contributed by atoms with Gasteiger partial charge in [-0.2, -0.15) is 0 Å². The molecule has 0 aliphatic carbocycles. The summed E-state index contributed by atoms with van der Waals surface area (Å²) in [5.74, 6) is -1.44. The topological polar surface area (TPSA) is 75.6 Å². The molecule has 0 fully saturated rings. The summed E-state index contributed by atoms with van der Waals surface area (Å²) < 4.78 is 5.16. The van der Waals surface area contributed by atoms with Crippen molar-refractivity contribution >= 4 is 23.5 Å². The van der Waals surface area contributed by atoms with Gasteiger partial charge in [0.1, 0.15) is 11.3 Å². The van der Waals surface area contributed by atoms with Gasteiger partial charge in [-0.3, -0.25) is 4.79 Å². The number of carboxylic acids is 1. The summed E-state index contributed by atoms with van der Waals surface area (Å²) in [5, 5.41) is 11.7. The molecule has 18 heavy (non-hydrogen) atoms. The Morgan fingerprint density at radius 1 is 1.44 bits per heavy atom. The SMILES string of the molecule is CC(C)NC(=O)COc1cccc(Cl)c1C(=O)O. The van der Waals surface area contributed by atoms with Gasteiger partial charge in [0.05, 0.1) is 5.02 Å². The van der Waals surface area contributed by atoms with Crippen LogP contribution >= 0.6 is 11.6 Å². The highest BCUT2D eigenvalue weighted by Gasteiger charge is 2.16. The maximum Gasteiger partial charge on any atom is 0.341 e. The number of carbonyl (C=O) groups is 2. The Hall–Kier alpha value is -1.75. The zero-order valence-electron chi connectivity index (χ0n) is 10.1. The molecule has 0 radical (unpaired) electrons. The molecule has 0 aromatic heterocycles. The number of nitrogens with one attached hydrogen (secondary N) is 1. The molecule has 0 aliphatic rings. The quantitative estimate of drug-likeness (QED) is 0.858. The second-order valence-electron chi connectivity index (χ2n) is 3.93. The highest BCUT2D eigenvalue weighted by molar-refractivity contribution is 6.33. The maximum atomic E-state index is 11.4. The maximum absolute atomic E-state index is 11.4. The van der Waals surface area contributed by atoms with Crippen molar-refractivity contribution in [3.05, 3.63) is 28.8 Å². The summed E-state index contributed by atoms with van der Waals surface area (Å²) in [6.07, 6.45) is 0. The molecule has 0 saturated heterocycles. The van der Waals surface area contributed by atoms with Gasteiger partial charge in [0.2, 0.25) is 0 Å². The third-order valence-corrected chi connectivity index (χ3v) is 2.31. The smallest absolute Gasteiger partial charge is 0.341 e. The number of rotatable bonds is 5. The first kappa shape index (κ1) is 14.3. The Balaban J connectivity index is 2.76. The zero-order valence-corrected chi connectivity index (χ0v) is 10.8. The first-order valence-electron chi connectivity index (χ1n) is 5.35. The average molecular weight is 272 g/mol. The van der Waals surface area contributed by atoms with Crippen LogP contribution in [0.2, 0.25) is 5.02 Å². The second-order valence-corrected chi connectivity index (χ2v) is 4.34. The molecule has 1 aromatic rings. The number of amides is 1. The van der Waals surface area contributed by atoms with Crippen molar-refractivity contribution in [2.75, 3.05) is 6.61 Å². The van der Waals surface area contributed by atoms with E-state index in [1.165, 1.54) is 12.1 Å². The molecule has 1 rings (SSSR count). The number of halogens is 1. The van der Waals surface area contributed by atoms with Gasteiger partial charge in [-0.15, -0.1) is 0 Å². The van der Waals surface area contributed by atoms with Gasteiger partial charge < -0.3 is 15.2 Å². The van der Waals surface area contributed by atoms with Crippen LogP contribution < -0.4 is 10.1 Å². The number of aromatic carboxylic acids is 1. The van der Waals surface area contributed by atoms with E-state index < -0.39 is 5.97 Å². The molecule has 1 amide bonds. The van der Waals surface area contributed by atoms with Gasteiger partial charge in [0, 0.05) is 6.04 Å². The summed E-state index contributed by atoms with van der Waals surface area (Å²) >= 11 is 5.76. The van der Waals surface area contributed by atoms with Crippen LogP contribution in [0.1, 0.15) is 24.2 Å². The van der Waals surface area contributed by atoms with Crippen molar-refractivity contribution in [2.45, 2.75) is 19.9 Å². The van der Waals surface area contributed by atoms with E-state index in [9.17, 15) is 9.59 Å². The average Bonchev–Trinajstić information content (AvgIpc) is 2.24. The Morgan fingerprint density at radius 3 is 2.67 bits per heavy atom. The lowest BCUT2D eigenvalue weighted by Gasteiger charge is -2.11. The standard InChI is InChI=1S/C12H14ClNO4/c1-7(2)14-10(15)6-18-9-5-3-4-8(13)11(9)12(16)17/h3-5,7H,6H2,1-2H3,(H,14,15)(H,16,17). The molecule has 98 valence electrons. The van der Waals surface area contributed by atoms with E-state index in [4.69, 9.17) is 21.4 Å². The Morgan fingerprint density at radius 2 is 2.11 bits per heavy atom. The number of benzene rings is 1. The summed E-state index contributed by atoms with van der Waals surface area (Å²) in [6.45, 7) is 3.39. The van der Waals surface area contributed by atoms with Crippen molar-refractivity contribution < 1.29 is 19.4 Å². The molecule has 0 unspecified atom stereocenters. The van der Waals surface area contributed by atoms with E-state index in [2.05, 4.69) is 5.32 Å². The van der Waals surface area contributed by atoms with Crippen LogP contribution in [0.15, 0.2) is 18.2 Å². The fourth-order valence-corrected chi connectivity index (χ4v) is 1.59. The van der Waals surface area contributed by atoms with Crippen LogP contribution in [0, 0.1) is 0 Å². The lowest BCUT2D eigenvalue weighted by molar-refractivity contribution is -0.123. The molecule has 5 nitrogen and oxygen atoms in total. The minimum absolute atomic E-state index is 0.000550. The number of hydrogen-bond acceptors (Lipinski definition) is 3. The molecule has 0 heterocycles. The Labute approximate surface area is 110 Å². The molecule has 0 spiro atoms. The minimum Gasteiger partial charge on any atom is -0.483 e. The van der Waals surface area contributed by atoms with E-state index in [0.717, 1.165) is 0 Å². The minimum atomic E-state index is -1.19. The van der Waals surface area contributed by atoms with E-state index in [0.29, 0.717) is 0 Å². The lowest BCUT2D eigenvalue weighted by atomic mass is 10.2. The zero-order chi connectivity index (χ0) is 13.7. The van der Waals surface area contributed by atoms with Crippen LogP contribution in [-0.4, -0.2) is 29.6 Å². The fourth-order valence-electron chi connectivity index (χ4n) is 1.34. The first-order valence-corrected chi connectivity index (χ1v) is 5.73. The number of carboxylic acid groups (broad SMARTS) is 1. The van der Waals surface area contributed by atoms with Crippen LogP contribution in [0.25, 0.3) is 0 Å². The normalized spacial score (nSPS) is 10.2. The van der Waals surface area contributed by atoms with Gasteiger partial charge in [-0.25, -0.2) is 4.79 Å². The molecule has 0 bridgehead atoms. The van der Waals surface area contributed by atoms with E-state index in [1.807, 2.05) is 13.8 Å². The third kappa shape index (κ3) is 3.92. The number of carbonyl (C=O) groups excluding carboxylic acids is 1. The highest BCUT2D eigenvalue weighted by Crippen LogP contribution is 2.26. The van der Waals surface area contributed by atoms with Crippen molar-refractivity contribution in [3.63, 3.8) is 0 Å². The predicted octanol–water partition coefficient (Wildman–Crippen LogP) is 1.94. The van der Waals surface area contributed by atoms with Crippen LogP contribution in [0.4, 0.5) is 0 Å². The fraction of sp³-hybridized carbons (Fsp3) is 0.333. The number of ether oxygens (including phenoxy) is 1. The molecule has 1 aromatic carbocycles. The molecule has 6 heteroatoms. The van der Waals surface area contributed by atoms with Crippen molar-refractivity contribution in [1.29, 1.82) is 0 Å². The van der Waals surface area contributed by atoms with Crippen LogP contribution in [-0.2, 0) is 4.79 Å². The summed E-state index contributed by atoms with van der Waals surface area (Å²) in [5.41, 5.74) is -0.142. The summed E-state index contributed by atoms with van der Waals surface area (Å²) in [4.78, 5) is 22.4.